The number of imide groups is 1. The smallest absolute Gasteiger partial charge is 0.240 e. The fourth-order valence-electron chi connectivity index (χ4n) is 3.15. The number of carbonyl (C=O) groups is 2. The second-order valence-corrected chi connectivity index (χ2v) is 5.91. The molecule has 1 aromatic carbocycles. The minimum atomic E-state index is -0.342. The van der Waals surface area contributed by atoms with Gasteiger partial charge in [-0.25, -0.2) is 4.90 Å². The van der Waals surface area contributed by atoms with Crippen LogP contribution >= 0.6 is 15.9 Å². The number of halogens is 1. The van der Waals surface area contributed by atoms with Crippen LogP contribution in [0.4, 0.5) is 5.69 Å². The number of hydrogen-bond donors (Lipinski definition) is 0. The highest BCUT2D eigenvalue weighted by molar-refractivity contribution is 9.10. The van der Waals surface area contributed by atoms with Crippen LogP contribution < -0.4 is 4.90 Å². The van der Waals surface area contributed by atoms with Gasteiger partial charge in [-0.3, -0.25) is 9.59 Å². The molecule has 0 saturated carbocycles. The van der Waals surface area contributed by atoms with Crippen molar-refractivity contribution in [2.45, 2.75) is 19.6 Å². The molecule has 4 nitrogen and oxygen atoms in total. The van der Waals surface area contributed by atoms with Gasteiger partial charge in [0.15, 0.2) is 0 Å². The Balaban J connectivity index is 0.00000121. The summed E-state index contributed by atoms with van der Waals surface area (Å²) in [5.41, 5.74) is 0.631. The Labute approximate surface area is 125 Å². The number of fused-ring (bicyclic) bond motifs is 5. The zero-order valence-corrected chi connectivity index (χ0v) is 11.4. The van der Waals surface area contributed by atoms with Crippen LogP contribution in [0, 0.1) is 11.8 Å². The summed E-state index contributed by atoms with van der Waals surface area (Å²) >= 11 is 3.34. The van der Waals surface area contributed by atoms with E-state index in [1.807, 2.05) is 24.3 Å². The molecule has 104 valence electrons. The summed E-state index contributed by atoms with van der Waals surface area (Å²) in [6, 6.07) is 7.20. The van der Waals surface area contributed by atoms with Gasteiger partial charge in [-0.05, 0) is 24.3 Å². The molecule has 3 aliphatic heterocycles. The number of anilines is 1. The molecule has 2 amide bonds. The SMILES string of the molecule is C.O=C1C2C3C=CC(O3)[C@H]2C(=O)N1c1ccc(Br)cc1. The summed E-state index contributed by atoms with van der Waals surface area (Å²) in [4.78, 5) is 26.2. The van der Waals surface area contributed by atoms with E-state index in [0.29, 0.717) is 5.69 Å². The van der Waals surface area contributed by atoms with Gasteiger partial charge in [0.2, 0.25) is 11.8 Å². The highest BCUT2D eigenvalue weighted by Crippen LogP contribution is 2.46. The molecule has 0 radical (unpaired) electrons. The molecule has 0 N–H and O–H groups in total. The second-order valence-electron chi connectivity index (χ2n) is 4.99. The lowest BCUT2D eigenvalue weighted by molar-refractivity contribution is -0.124. The van der Waals surface area contributed by atoms with Gasteiger partial charge < -0.3 is 4.74 Å². The largest absolute Gasteiger partial charge is 0.365 e. The highest BCUT2D eigenvalue weighted by atomic mass is 79.9. The van der Waals surface area contributed by atoms with E-state index < -0.39 is 0 Å². The van der Waals surface area contributed by atoms with Crippen molar-refractivity contribution in [1.82, 2.24) is 0 Å². The molecule has 0 spiro atoms. The molecule has 3 aliphatic rings. The molecule has 4 rings (SSSR count). The van der Waals surface area contributed by atoms with Gasteiger partial charge in [0, 0.05) is 4.47 Å². The molecule has 2 bridgehead atoms. The summed E-state index contributed by atoms with van der Waals surface area (Å²) in [7, 11) is 0. The first-order valence-corrected chi connectivity index (χ1v) is 6.93. The molecule has 20 heavy (non-hydrogen) atoms. The number of hydrogen-bond acceptors (Lipinski definition) is 3. The number of amides is 2. The molecule has 2 saturated heterocycles. The molecular formula is C15H14BrNO3. The van der Waals surface area contributed by atoms with Crippen LogP contribution in [0.15, 0.2) is 40.9 Å². The van der Waals surface area contributed by atoms with Crippen LogP contribution in [0.25, 0.3) is 0 Å². The normalized spacial score (nSPS) is 33.5. The lowest BCUT2D eigenvalue weighted by Crippen LogP contribution is -2.34. The summed E-state index contributed by atoms with van der Waals surface area (Å²) in [6.45, 7) is 0. The van der Waals surface area contributed by atoms with E-state index in [2.05, 4.69) is 15.9 Å². The van der Waals surface area contributed by atoms with Gasteiger partial charge in [0.05, 0.1) is 29.7 Å². The van der Waals surface area contributed by atoms with Crippen LogP contribution in [-0.4, -0.2) is 24.0 Å². The van der Waals surface area contributed by atoms with E-state index in [9.17, 15) is 9.59 Å². The average molecular weight is 336 g/mol. The van der Waals surface area contributed by atoms with Gasteiger partial charge in [-0.2, -0.15) is 0 Å². The van der Waals surface area contributed by atoms with Gasteiger partial charge in [0.25, 0.3) is 0 Å². The third kappa shape index (κ3) is 1.63. The van der Waals surface area contributed by atoms with Crippen LogP contribution in [0.5, 0.6) is 0 Å². The molecule has 4 atom stereocenters. The van der Waals surface area contributed by atoms with Crippen LogP contribution in [0.2, 0.25) is 0 Å². The lowest BCUT2D eigenvalue weighted by atomic mass is 9.85. The van der Waals surface area contributed by atoms with Gasteiger partial charge in [-0.1, -0.05) is 35.5 Å². The van der Waals surface area contributed by atoms with Crippen molar-refractivity contribution < 1.29 is 14.3 Å². The lowest BCUT2D eigenvalue weighted by Gasteiger charge is -2.17. The third-order valence-electron chi connectivity index (χ3n) is 4.00. The van der Waals surface area contributed by atoms with E-state index >= 15 is 0 Å². The highest BCUT2D eigenvalue weighted by Gasteiger charge is 2.60. The number of rotatable bonds is 1. The molecule has 3 heterocycles. The quantitative estimate of drug-likeness (QED) is 0.585. The van der Waals surface area contributed by atoms with Crippen molar-refractivity contribution >= 4 is 33.4 Å². The standard InChI is InChI=1S/C14H10BrNO3.CH4/c15-7-1-3-8(4-2-7)16-13(17)11-9-5-6-10(19-9)12(11)14(16)18;/h1-6,9-12H;1H4/t9?,10?,11-,12?;/m1./s1. The zero-order valence-electron chi connectivity index (χ0n) is 9.82. The van der Waals surface area contributed by atoms with Crippen molar-refractivity contribution in [3.63, 3.8) is 0 Å². The van der Waals surface area contributed by atoms with E-state index in [4.69, 9.17) is 4.74 Å². The summed E-state index contributed by atoms with van der Waals surface area (Å²) < 4.78 is 6.51. The Morgan fingerprint density at radius 1 is 0.950 bits per heavy atom. The van der Waals surface area contributed by atoms with E-state index in [-0.39, 0.29) is 43.3 Å². The molecule has 3 unspecified atom stereocenters. The Hall–Kier alpha value is -1.46. The molecule has 1 aromatic rings. The maximum Gasteiger partial charge on any atom is 0.240 e. The first-order chi connectivity index (χ1) is 9.16. The van der Waals surface area contributed by atoms with E-state index in [1.165, 1.54) is 4.90 Å². The molecule has 0 aromatic heterocycles. The minimum absolute atomic E-state index is 0. The topological polar surface area (TPSA) is 46.6 Å². The van der Waals surface area contributed by atoms with Gasteiger partial charge in [-0.15, -0.1) is 0 Å². The van der Waals surface area contributed by atoms with Gasteiger partial charge >= 0.3 is 0 Å². The monoisotopic (exact) mass is 335 g/mol. The molecule has 5 heteroatoms. The Morgan fingerprint density at radius 3 is 1.95 bits per heavy atom. The average Bonchev–Trinajstić information content (AvgIpc) is 3.06. The summed E-state index contributed by atoms with van der Waals surface area (Å²) in [5.74, 6) is -0.972. The van der Waals surface area contributed by atoms with Crippen LogP contribution in [0.3, 0.4) is 0 Å². The number of benzene rings is 1. The van der Waals surface area contributed by atoms with Crippen molar-refractivity contribution in [1.29, 1.82) is 0 Å². The summed E-state index contributed by atoms with van der Waals surface area (Å²) in [6.07, 6.45) is 3.32. The zero-order chi connectivity index (χ0) is 13.1. The maximum absolute atomic E-state index is 12.5. The van der Waals surface area contributed by atoms with Gasteiger partial charge in [0.1, 0.15) is 0 Å². The Bertz CT molecular complexity index is 580. The number of ether oxygens (including phenoxy) is 1. The maximum atomic E-state index is 12.5. The van der Waals surface area contributed by atoms with Crippen LogP contribution in [-0.2, 0) is 14.3 Å². The van der Waals surface area contributed by atoms with Crippen LogP contribution in [0.1, 0.15) is 7.43 Å². The Morgan fingerprint density at radius 2 is 1.45 bits per heavy atom. The third-order valence-corrected chi connectivity index (χ3v) is 4.52. The van der Waals surface area contributed by atoms with Crippen molar-refractivity contribution in [3.8, 4) is 0 Å². The first-order valence-electron chi connectivity index (χ1n) is 6.14. The molecule has 2 fully saturated rings. The Kier molecular flexibility index (Phi) is 3.06. The fourth-order valence-corrected chi connectivity index (χ4v) is 3.41. The second kappa shape index (κ2) is 4.53. The van der Waals surface area contributed by atoms with Crippen molar-refractivity contribution in [2.24, 2.45) is 11.8 Å². The molecule has 0 aliphatic carbocycles. The van der Waals surface area contributed by atoms with E-state index in [0.717, 1.165) is 4.47 Å². The fraction of sp³-hybridized carbons (Fsp3) is 0.333. The molecular weight excluding hydrogens is 322 g/mol. The van der Waals surface area contributed by atoms with Crippen molar-refractivity contribution in [3.05, 3.63) is 40.9 Å². The summed E-state index contributed by atoms with van der Waals surface area (Å²) in [5, 5.41) is 0. The number of carbonyl (C=O) groups excluding carboxylic acids is 2. The predicted octanol–water partition coefficient (Wildman–Crippen LogP) is 2.53. The van der Waals surface area contributed by atoms with E-state index in [1.54, 1.807) is 12.1 Å². The first kappa shape index (κ1) is 13.5. The minimum Gasteiger partial charge on any atom is -0.365 e. The number of nitrogens with zero attached hydrogens (tertiary/aromatic N) is 1. The van der Waals surface area contributed by atoms with Crippen molar-refractivity contribution in [2.75, 3.05) is 4.90 Å². The predicted molar refractivity (Wildman–Crippen MR) is 78.1 cm³/mol.